The van der Waals surface area contributed by atoms with Crippen LogP contribution in [0, 0.1) is 0 Å². The molecule has 0 atom stereocenters. The number of rotatable bonds is 8. The molecule has 0 bridgehead atoms. The first-order valence-corrected chi connectivity index (χ1v) is 12.4. The maximum atomic E-state index is 6.15. The van der Waals surface area contributed by atoms with E-state index in [2.05, 4.69) is 93.6 Å². The molecule has 0 saturated heterocycles. The standard InChI is InChI=1S/C28H31O4P/c1-28(2,3)33(26-22-12-8-6-10-20(22)14-16-24(26)31-18-29-4)27-23-13-9-7-11-21(23)15-17-25(27)32-19-30-5/h6-17H,18-19H2,1-5H3. The fourth-order valence-electron chi connectivity index (χ4n) is 4.19. The van der Waals surface area contributed by atoms with Crippen LogP contribution in [0.3, 0.4) is 0 Å². The summed E-state index contributed by atoms with van der Waals surface area (Å²) in [5, 5.41) is 7.08. The minimum Gasteiger partial charge on any atom is -0.467 e. The van der Waals surface area contributed by atoms with E-state index in [9.17, 15) is 0 Å². The summed E-state index contributed by atoms with van der Waals surface area (Å²) in [6.45, 7) is 7.27. The molecule has 33 heavy (non-hydrogen) atoms. The molecule has 0 radical (unpaired) electrons. The summed E-state index contributed by atoms with van der Waals surface area (Å²) in [6.07, 6.45) is 0. The lowest BCUT2D eigenvalue weighted by atomic mass is 10.1. The lowest BCUT2D eigenvalue weighted by Gasteiger charge is -2.35. The van der Waals surface area contributed by atoms with Crippen molar-refractivity contribution in [1.29, 1.82) is 0 Å². The molecule has 0 fully saturated rings. The maximum Gasteiger partial charge on any atom is 0.188 e. The third-order valence-electron chi connectivity index (χ3n) is 5.51. The molecule has 5 heteroatoms. The molecule has 0 unspecified atom stereocenters. The number of hydrogen-bond donors (Lipinski definition) is 0. The third kappa shape index (κ3) is 4.84. The van der Waals surface area contributed by atoms with Gasteiger partial charge in [-0.25, -0.2) is 0 Å². The molecule has 0 aromatic heterocycles. The second kappa shape index (κ2) is 10.1. The number of benzene rings is 4. The van der Waals surface area contributed by atoms with Gasteiger partial charge in [0, 0.05) is 24.8 Å². The smallest absolute Gasteiger partial charge is 0.188 e. The van der Waals surface area contributed by atoms with Gasteiger partial charge in [0.2, 0.25) is 0 Å². The van der Waals surface area contributed by atoms with E-state index in [0.717, 1.165) is 11.5 Å². The Morgan fingerprint density at radius 1 is 0.606 bits per heavy atom. The molecule has 0 saturated carbocycles. The van der Waals surface area contributed by atoms with Crippen LogP contribution in [0.1, 0.15) is 20.8 Å². The van der Waals surface area contributed by atoms with E-state index in [1.165, 1.54) is 32.2 Å². The van der Waals surface area contributed by atoms with Gasteiger partial charge in [0.05, 0.1) is 0 Å². The predicted octanol–water partition coefficient (Wildman–Crippen LogP) is 6.19. The van der Waals surface area contributed by atoms with E-state index in [4.69, 9.17) is 18.9 Å². The number of fused-ring (bicyclic) bond motifs is 2. The average molecular weight is 463 g/mol. The fourth-order valence-corrected chi connectivity index (χ4v) is 7.37. The van der Waals surface area contributed by atoms with Crippen LogP contribution in [0.15, 0.2) is 72.8 Å². The van der Waals surface area contributed by atoms with Crippen molar-refractivity contribution in [3.05, 3.63) is 72.8 Å². The topological polar surface area (TPSA) is 36.9 Å². The summed E-state index contributed by atoms with van der Waals surface area (Å²) >= 11 is 0. The molecule has 0 aliphatic heterocycles. The van der Waals surface area contributed by atoms with Crippen LogP contribution >= 0.6 is 7.92 Å². The van der Waals surface area contributed by atoms with Gasteiger partial charge in [-0.05, 0) is 46.8 Å². The lowest BCUT2D eigenvalue weighted by molar-refractivity contribution is 0.0519. The van der Waals surface area contributed by atoms with Crippen LogP contribution in [0.5, 0.6) is 11.5 Å². The Kier molecular flexibility index (Phi) is 7.19. The van der Waals surface area contributed by atoms with Crippen molar-refractivity contribution in [2.75, 3.05) is 27.8 Å². The Morgan fingerprint density at radius 2 is 1.03 bits per heavy atom. The van der Waals surface area contributed by atoms with Crippen LogP contribution in [-0.4, -0.2) is 33.0 Å². The van der Waals surface area contributed by atoms with Crippen LogP contribution in [0.2, 0.25) is 0 Å². The minimum absolute atomic E-state index is 0.0834. The molecular weight excluding hydrogens is 431 g/mol. The Labute approximate surface area is 197 Å². The molecule has 0 aliphatic rings. The number of hydrogen-bond acceptors (Lipinski definition) is 4. The zero-order chi connectivity index (χ0) is 23.4. The summed E-state index contributed by atoms with van der Waals surface area (Å²) in [4.78, 5) is 0. The fraction of sp³-hybridized carbons (Fsp3) is 0.286. The van der Waals surface area contributed by atoms with Crippen molar-refractivity contribution < 1.29 is 18.9 Å². The molecule has 0 amide bonds. The Morgan fingerprint density at radius 3 is 1.42 bits per heavy atom. The highest BCUT2D eigenvalue weighted by molar-refractivity contribution is 7.75. The second-order valence-electron chi connectivity index (χ2n) is 8.87. The highest BCUT2D eigenvalue weighted by Gasteiger charge is 2.35. The zero-order valence-electron chi connectivity index (χ0n) is 19.9. The third-order valence-corrected chi connectivity index (χ3v) is 8.67. The van der Waals surface area contributed by atoms with E-state index < -0.39 is 7.92 Å². The molecule has 4 rings (SSSR count). The molecule has 0 heterocycles. The van der Waals surface area contributed by atoms with Gasteiger partial charge < -0.3 is 18.9 Å². The van der Waals surface area contributed by atoms with Crippen molar-refractivity contribution in [3.63, 3.8) is 0 Å². The summed E-state index contributed by atoms with van der Waals surface area (Å²) in [7, 11) is 2.37. The Bertz CT molecular complexity index is 1150. The van der Waals surface area contributed by atoms with Gasteiger partial charge >= 0.3 is 0 Å². The van der Waals surface area contributed by atoms with Gasteiger partial charge in [-0.1, -0.05) is 81.4 Å². The van der Waals surface area contributed by atoms with Gasteiger partial charge in [-0.3, -0.25) is 0 Å². The predicted molar refractivity (Wildman–Crippen MR) is 139 cm³/mol. The highest BCUT2D eigenvalue weighted by Crippen LogP contribution is 2.54. The molecule has 0 aliphatic carbocycles. The van der Waals surface area contributed by atoms with Gasteiger partial charge in [-0.15, -0.1) is 0 Å². The van der Waals surface area contributed by atoms with Crippen LogP contribution in [-0.2, 0) is 9.47 Å². The molecule has 0 spiro atoms. The van der Waals surface area contributed by atoms with Crippen molar-refractivity contribution in [2.24, 2.45) is 0 Å². The van der Waals surface area contributed by atoms with Crippen molar-refractivity contribution in [2.45, 2.75) is 25.9 Å². The molecule has 4 aromatic carbocycles. The normalized spacial score (nSPS) is 11.9. The monoisotopic (exact) mass is 462 g/mol. The van der Waals surface area contributed by atoms with E-state index >= 15 is 0 Å². The molecule has 0 N–H and O–H groups in total. The van der Waals surface area contributed by atoms with E-state index in [-0.39, 0.29) is 18.7 Å². The summed E-state index contributed by atoms with van der Waals surface area (Å²) in [5.74, 6) is 1.70. The summed E-state index contributed by atoms with van der Waals surface area (Å²) < 4.78 is 22.9. The van der Waals surface area contributed by atoms with E-state index in [0.29, 0.717) is 0 Å². The largest absolute Gasteiger partial charge is 0.467 e. The first-order chi connectivity index (χ1) is 16.0. The zero-order valence-corrected chi connectivity index (χ0v) is 20.8. The van der Waals surface area contributed by atoms with Crippen LogP contribution in [0.4, 0.5) is 0 Å². The van der Waals surface area contributed by atoms with Gasteiger partial charge in [-0.2, -0.15) is 0 Å². The minimum atomic E-state index is -0.927. The van der Waals surface area contributed by atoms with Crippen LogP contribution in [0.25, 0.3) is 21.5 Å². The average Bonchev–Trinajstić information content (AvgIpc) is 2.82. The van der Waals surface area contributed by atoms with Crippen molar-refractivity contribution >= 4 is 40.1 Å². The highest BCUT2D eigenvalue weighted by atomic mass is 31.1. The van der Waals surface area contributed by atoms with Gasteiger partial charge in [0.15, 0.2) is 13.6 Å². The lowest BCUT2D eigenvalue weighted by Crippen LogP contribution is -2.30. The van der Waals surface area contributed by atoms with Crippen molar-refractivity contribution in [3.8, 4) is 11.5 Å². The quantitative estimate of drug-likeness (QED) is 0.231. The summed E-state index contributed by atoms with van der Waals surface area (Å²) in [5.41, 5.74) is 0. The van der Waals surface area contributed by atoms with Crippen LogP contribution < -0.4 is 20.1 Å². The maximum absolute atomic E-state index is 6.15. The van der Waals surface area contributed by atoms with Gasteiger partial charge in [0.25, 0.3) is 0 Å². The Hall–Kier alpha value is -2.65. The SMILES string of the molecule is COCOc1ccc2ccccc2c1P(c1c(OCOC)ccc2ccccc12)C(C)(C)C. The second-order valence-corrected chi connectivity index (χ2v) is 11.8. The molecule has 4 aromatic rings. The number of ether oxygens (including phenoxy) is 4. The molecule has 172 valence electrons. The van der Waals surface area contributed by atoms with E-state index in [1.54, 1.807) is 14.2 Å². The first-order valence-electron chi connectivity index (χ1n) is 11.0. The molecule has 4 nitrogen and oxygen atoms in total. The molecular formula is C28H31O4P. The first kappa shape index (κ1) is 23.5. The summed E-state index contributed by atoms with van der Waals surface area (Å²) in [6, 6.07) is 25.4. The van der Waals surface area contributed by atoms with Crippen molar-refractivity contribution in [1.82, 2.24) is 0 Å². The number of methoxy groups -OCH3 is 2. The van der Waals surface area contributed by atoms with E-state index in [1.807, 2.05) is 0 Å². The Balaban J connectivity index is 2.08. The van der Waals surface area contributed by atoms with Gasteiger partial charge in [0.1, 0.15) is 11.5 Å².